The second-order valence-electron chi connectivity index (χ2n) is 3.35. The van der Waals surface area contributed by atoms with Crippen molar-refractivity contribution in [3.8, 4) is 11.1 Å². The fourth-order valence-electron chi connectivity index (χ4n) is 1.44. The Morgan fingerprint density at radius 3 is 2.67 bits per heavy atom. The van der Waals surface area contributed by atoms with Crippen molar-refractivity contribution in [1.82, 2.24) is 10.2 Å². The Morgan fingerprint density at radius 2 is 2.00 bits per heavy atom. The molecule has 2 nitrogen and oxygen atoms in total. The predicted molar refractivity (Wildman–Crippen MR) is 59.6 cm³/mol. The number of hydrogen-bond donors (Lipinski definition) is 1. The summed E-state index contributed by atoms with van der Waals surface area (Å²) in [6, 6.07) is 6.62. The molecule has 15 heavy (non-hydrogen) atoms. The highest BCUT2D eigenvalue weighted by molar-refractivity contribution is 7.71. The van der Waals surface area contributed by atoms with Crippen LogP contribution in [0, 0.1) is 17.4 Å². The molecule has 76 valence electrons. The van der Waals surface area contributed by atoms with Crippen LogP contribution in [-0.2, 0) is 0 Å². The zero-order chi connectivity index (χ0) is 10.8. The Kier molecular flexibility index (Phi) is 2.60. The van der Waals surface area contributed by atoms with E-state index in [1.54, 1.807) is 12.3 Å². The van der Waals surface area contributed by atoms with Gasteiger partial charge in [0.25, 0.3) is 0 Å². The van der Waals surface area contributed by atoms with Crippen LogP contribution in [0.5, 0.6) is 0 Å². The second kappa shape index (κ2) is 3.90. The number of H-pyrrole nitrogens is 1. The number of halogens is 1. The van der Waals surface area contributed by atoms with Crippen molar-refractivity contribution in [2.45, 2.75) is 6.92 Å². The van der Waals surface area contributed by atoms with E-state index in [0.29, 0.717) is 4.64 Å². The summed E-state index contributed by atoms with van der Waals surface area (Å²) in [5.74, 6) is -0.247. The van der Waals surface area contributed by atoms with Crippen LogP contribution in [0.1, 0.15) is 5.56 Å². The molecule has 4 heteroatoms. The molecule has 1 heterocycles. The largest absolute Gasteiger partial charge is 0.268 e. The highest BCUT2D eigenvalue weighted by Gasteiger charge is 2.01. The van der Waals surface area contributed by atoms with Gasteiger partial charge in [0.2, 0.25) is 0 Å². The molecule has 0 spiro atoms. The van der Waals surface area contributed by atoms with E-state index in [-0.39, 0.29) is 5.82 Å². The molecule has 2 rings (SSSR count). The number of aromatic nitrogens is 2. The maximum Gasteiger partial charge on any atom is 0.124 e. The Bertz CT molecular complexity index is 528. The molecule has 0 saturated carbocycles. The second-order valence-corrected chi connectivity index (χ2v) is 3.79. The van der Waals surface area contributed by atoms with Gasteiger partial charge in [-0.3, -0.25) is 5.10 Å². The minimum Gasteiger partial charge on any atom is -0.268 e. The molecule has 0 atom stereocenters. The van der Waals surface area contributed by atoms with Crippen LogP contribution in [0.2, 0.25) is 0 Å². The number of nitrogens with zero attached hydrogens (tertiary/aromatic N) is 1. The Hall–Kier alpha value is -1.55. The third kappa shape index (κ3) is 2.27. The van der Waals surface area contributed by atoms with Gasteiger partial charge in [-0.1, -0.05) is 18.3 Å². The Balaban J connectivity index is 2.58. The molecule has 0 aliphatic carbocycles. The molecule has 0 amide bonds. The van der Waals surface area contributed by atoms with E-state index < -0.39 is 0 Å². The van der Waals surface area contributed by atoms with Crippen molar-refractivity contribution < 1.29 is 4.39 Å². The highest BCUT2D eigenvalue weighted by Crippen LogP contribution is 2.20. The van der Waals surface area contributed by atoms with Crippen molar-refractivity contribution in [3.05, 3.63) is 46.5 Å². The van der Waals surface area contributed by atoms with Gasteiger partial charge in [-0.2, -0.15) is 5.10 Å². The molecular weight excluding hydrogens is 211 g/mol. The first-order valence-corrected chi connectivity index (χ1v) is 4.88. The van der Waals surface area contributed by atoms with E-state index in [9.17, 15) is 4.39 Å². The summed E-state index contributed by atoms with van der Waals surface area (Å²) in [6.45, 7) is 1.85. The van der Waals surface area contributed by atoms with E-state index in [2.05, 4.69) is 10.2 Å². The van der Waals surface area contributed by atoms with E-state index in [0.717, 1.165) is 16.7 Å². The predicted octanol–water partition coefficient (Wildman–Crippen LogP) is 3.25. The minimum atomic E-state index is -0.247. The van der Waals surface area contributed by atoms with E-state index in [1.807, 2.05) is 13.0 Å². The van der Waals surface area contributed by atoms with Crippen LogP contribution in [0.4, 0.5) is 4.39 Å². The SMILES string of the molecule is Cc1cc(F)cc(-c2cn[nH]c(=S)c2)c1. The molecule has 0 fully saturated rings. The maximum absolute atomic E-state index is 13.2. The van der Waals surface area contributed by atoms with Crippen molar-refractivity contribution in [1.29, 1.82) is 0 Å². The van der Waals surface area contributed by atoms with Crippen LogP contribution >= 0.6 is 12.2 Å². The zero-order valence-electron chi connectivity index (χ0n) is 8.12. The van der Waals surface area contributed by atoms with Crippen molar-refractivity contribution in [3.63, 3.8) is 0 Å². The maximum atomic E-state index is 13.2. The van der Waals surface area contributed by atoms with Gasteiger partial charge in [0.05, 0.1) is 6.20 Å². The monoisotopic (exact) mass is 220 g/mol. The average Bonchev–Trinajstić information content (AvgIpc) is 2.16. The van der Waals surface area contributed by atoms with Gasteiger partial charge >= 0.3 is 0 Å². The van der Waals surface area contributed by atoms with Gasteiger partial charge in [-0.05, 0) is 36.2 Å². The van der Waals surface area contributed by atoms with Crippen molar-refractivity contribution in [2.24, 2.45) is 0 Å². The number of rotatable bonds is 1. The quantitative estimate of drug-likeness (QED) is 0.747. The number of aryl methyl sites for hydroxylation is 1. The molecule has 1 aromatic heterocycles. The van der Waals surface area contributed by atoms with Gasteiger partial charge < -0.3 is 0 Å². The first-order valence-electron chi connectivity index (χ1n) is 4.47. The third-order valence-corrected chi connectivity index (χ3v) is 2.25. The number of benzene rings is 1. The number of nitrogens with one attached hydrogen (secondary N) is 1. The lowest BCUT2D eigenvalue weighted by molar-refractivity contribution is 0.627. The summed E-state index contributed by atoms with van der Waals surface area (Å²) in [6.07, 6.45) is 1.63. The third-order valence-electron chi connectivity index (χ3n) is 2.04. The fraction of sp³-hybridized carbons (Fsp3) is 0.0909. The summed E-state index contributed by atoms with van der Waals surface area (Å²) in [4.78, 5) is 0. The van der Waals surface area contributed by atoms with Gasteiger partial charge in [0, 0.05) is 5.56 Å². The van der Waals surface area contributed by atoms with Crippen molar-refractivity contribution in [2.75, 3.05) is 0 Å². The van der Waals surface area contributed by atoms with Crippen LogP contribution in [0.3, 0.4) is 0 Å². The normalized spacial score (nSPS) is 10.3. The fourth-order valence-corrected chi connectivity index (χ4v) is 1.62. The lowest BCUT2D eigenvalue weighted by Gasteiger charge is -2.02. The summed E-state index contributed by atoms with van der Waals surface area (Å²) < 4.78 is 13.7. The summed E-state index contributed by atoms with van der Waals surface area (Å²) in [5, 5.41) is 6.51. The summed E-state index contributed by atoms with van der Waals surface area (Å²) in [5.41, 5.74) is 2.49. The van der Waals surface area contributed by atoms with Crippen LogP contribution in [-0.4, -0.2) is 10.2 Å². The topological polar surface area (TPSA) is 28.7 Å². The van der Waals surface area contributed by atoms with Gasteiger partial charge in [-0.15, -0.1) is 0 Å². The molecule has 0 unspecified atom stereocenters. The van der Waals surface area contributed by atoms with Gasteiger partial charge in [0.1, 0.15) is 10.5 Å². The standard InChI is InChI=1S/C11H9FN2S/c1-7-2-8(4-10(12)3-7)9-5-11(15)14-13-6-9/h2-6H,1H3,(H,14,15). The van der Waals surface area contributed by atoms with Gasteiger partial charge in [-0.25, -0.2) is 4.39 Å². The number of aromatic amines is 1. The summed E-state index contributed by atoms with van der Waals surface area (Å²) in [7, 11) is 0. The lowest BCUT2D eigenvalue weighted by atomic mass is 10.1. The molecule has 1 N–H and O–H groups in total. The zero-order valence-corrected chi connectivity index (χ0v) is 8.94. The Morgan fingerprint density at radius 1 is 1.20 bits per heavy atom. The Labute approximate surface area is 91.8 Å². The van der Waals surface area contributed by atoms with E-state index >= 15 is 0 Å². The number of hydrogen-bond acceptors (Lipinski definition) is 2. The van der Waals surface area contributed by atoms with Crippen molar-refractivity contribution >= 4 is 12.2 Å². The minimum absolute atomic E-state index is 0.247. The molecule has 2 aromatic rings. The smallest absolute Gasteiger partial charge is 0.124 e. The lowest BCUT2D eigenvalue weighted by Crippen LogP contribution is -1.86. The van der Waals surface area contributed by atoms with Gasteiger partial charge in [0.15, 0.2) is 0 Å². The molecule has 0 bridgehead atoms. The molecule has 0 aliphatic rings. The molecule has 1 aromatic carbocycles. The first-order chi connectivity index (χ1) is 7.15. The molecule has 0 aliphatic heterocycles. The van der Waals surface area contributed by atoms with Crippen LogP contribution in [0.25, 0.3) is 11.1 Å². The summed E-state index contributed by atoms with van der Waals surface area (Å²) >= 11 is 4.95. The molecule has 0 saturated heterocycles. The average molecular weight is 220 g/mol. The highest BCUT2D eigenvalue weighted by atomic mass is 32.1. The van der Waals surface area contributed by atoms with Crippen LogP contribution in [0.15, 0.2) is 30.5 Å². The van der Waals surface area contributed by atoms with E-state index in [4.69, 9.17) is 12.2 Å². The van der Waals surface area contributed by atoms with Crippen LogP contribution < -0.4 is 0 Å². The molecular formula is C11H9FN2S. The van der Waals surface area contributed by atoms with E-state index in [1.165, 1.54) is 12.1 Å². The first kappa shape index (κ1) is 9.98. The molecule has 0 radical (unpaired) electrons.